The van der Waals surface area contributed by atoms with Crippen molar-refractivity contribution in [1.29, 1.82) is 0 Å². The van der Waals surface area contributed by atoms with Crippen molar-refractivity contribution in [2.24, 2.45) is 0 Å². The van der Waals surface area contributed by atoms with Gasteiger partial charge in [0.2, 0.25) is 0 Å². The molecule has 0 radical (unpaired) electrons. The van der Waals surface area contributed by atoms with Crippen LogP contribution in [0.4, 0.5) is 0 Å². The Hall–Kier alpha value is -3.38. The van der Waals surface area contributed by atoms with Gasteiger partial charge >= 0.3 is 5.97 Å². The average Bonchev–Trinajstić information content (AvgIpc) is 2.77. The van der Waals surface area contributed by atoms with Crippen LogP contribution in [-0.2, 0) is 10.5 Å². The lowest BCUT2D eigenvalue weighted by atomic mass is 10.1. The summed E-state index contributed by atoms with van der Waals surface area (Å²) < 4.78 is 4.74. The van der Waals surface area contributed by atoms with Crippen LogP contribution in [-0.4, -0.2) is 23.0 Å². The first-order valence-corrected chi connectivity index (χ1v) is 10.0. The molecule has 1 heterocycles. The zero-order valence-corrected chi connectivity index (χ0v) is 16.5. The van der Waals surface area contributed by atoms with E-state index in [-0.39, 0.29) is 5.56 Å². The van der Waals surface area contributed by atoms with E-state index in [1.54, 1.807) is 30.0 Å². The summed E-state index contributed by atoms with van der Waals surface area (Å²) in [6.07, 6.45) is 0. The van der Waals surface area contributed by atoms with Gasteiger partial charge in [-0.05, 0) is 41.5 Å². The number of aromatic nitrogens is 2. The highest BCUT2D eigenvalue weighted by atomic mass is 32.2. The van der Waals surface area contributed by atoms with Crippen molar-refractivity contribution >= 4 is 28.6 Å². The average molecular weight is 402 g/mol. The largest absolute Gasteiger partial charge is 0.465 e. The molecule has 0 bridgehead atoms. The van der Waals surface area contributed by atoms with Crippen LogP contribution in [0, 0.1) is 0 Å². The lowest BCUT2D eigenvalue weighted by Gasteiger charge is -2.06. The lowest BCUT2D eigenvalue weighted by Crippen LogP contribution is -2.12. The normalized spacial score (nSPS) is 10.8. The van der Waals surface area contributed by atoms with Gasteiger partial charge in [-0.3, -0.25) is 4.79 Å². The Morgan fingerprint density at radius 2 is 1.72 bits per heavy atom. The van der Waals surface area contributed by atoms with Crippen molar-refractivity contribution < 1.29 is 9.53 Å². The van der Waals surface area contributed by atoms with Crippen molar-refractivity contribution in [2.75, 3.05) is 7.11 Å². The number of benzene rings is 3. The molecule has 0 aliphatic carbocycles. The standard InChI is InChI=1S/C23H18N2O3S/c1-28-23(27)17-9-12-19-20(13-17)24-21(25-22(19)26)14-29-18-10-7-16(8-11-18)15-5-3-2-4-6-15/h2-13H,14H2,1H3,(H,24,25,26). The molecule has 144 valence electrons. The third-order valence-electron chi connectivity index (χ3n) is 4.51. The van der Waals surface area contributed by atoms with Gasteiger partial charge in [-0.25, -0.2) is 9.78 Å². The van der Waals surface area contributed by atoms with Crippen LogP contribution in [0.3, 0.4) is 0 Å². The number of aromatic amines is 1. The summed E-state index contributed by atoms with van der Waals surface area (Å²) in [5, 5.41) is 0.443. The Morgan fingerprint density at radius 3 is 2.45 bits per heavy atom. The van der Waals surface area contributed by atoms with Gasteiger partial charge in [-0.15, -0.1) is 11.8 Å². The summed E-state index contributed by atoms with van der Waals surface area (Å²) in [5.74, 6) is 0.614. The summed E-state index contributed by atoms with van der Waals surface area (Å²) in [5.41, 5.74) is 2.95. The fraction of sp³-hybridized carbons (Fsp3) is 0.0870. The van der Waals surface area contributed by atoms with Crippen LogP contribution in [0.5, 0.6) is 0 Å². The van der Waals surface area contributed by atoms with Gasteiger partial charge in [0.05, 0.1) is 29.3 Å². The molecule has 0 aliphatic rings. The topological polar surface area (TPSA) is 72.1 Å². The van der Waals surface area contributed by atoms with Gasteiger partial charge in [-0.1, -0.05) is 42.5 Å². The quantitative estimate of drug-likeness (QED) is 0.388. The number of methoxy groups -OCH3 is 1. The van der Waals surface area contributed by atoms with Crippen LogP contribution >= 0.6 is 11.8 Å². The molecule has 0 fully saturated rings. The number of thioether (sulfide) groups is 1. The Labute approximate surface area is 171 Å². The van der Waals surface area contributed by atoms with Gasteiger partial charge in [0, 0.05) is 4.90 Å². The second kappa shape index (κ2) is 8.32. The number of nitrogens with one attached hydrogen (secondary N) is 1. The number of hydrogen-bond acceptors (Lipinski definition) is 5. The number of fused-ring (bicyclic) bond motifs is 1. The van der Waals surface area contributed by atoms with E-state index in [0.717, 1.165) is 10.5 Å². The monoisotopic (exact) mass is 402 g/mol. The zero-order chi connectivity index (χ0) is 20.2. The van der Waals surface area contributed by atoms with Crippen LogP contribution in [0.15, 0.2) is 82.5 Å². The predicted octanol–water partition coefficient (Wildman–Crippen LogP) is 4.67. The summed E-state index contributed by atoms with van der Waals surface area (Å²) >= 11 is 1.59. The molecule has 4 rings (SSSR count). The van der Waals surface area contributed by atoms with Gasteiger partial charge in [0.25, 0.3) is 5.56 Å². The molecule has 5 nitrogen and oxygen atoms in total. The lowest BCUT2D eigenvalue weighted by molar-refractivity contribution is 0.0601. The van der Waals surface area contributed by atoms with E-state index < -0.39 is 5.97 Å². The van der Waals surface area contributed by atoms with Crippen LogP contribution in [0.2, 0.25) is 0 Å². The molecule has 1 aromatic heterocycles. The molecule has 6 heteroatoms. The number of nitrogens with zero attached hydrogens (tertiary/aromatic N) is 1. The smallest absolute Gasteiger partial charge is 0.337 e. The van der Waals surface area contributed by atoms with E-state index in [1.807, 2.05) is 18.2 Å². The van der Waals surface area contributed by atoms with E-state index >= 15 is 0 Å². The zero-order valence-electron chi connectivity index (χ0n) is 15.7. The van der Waals surface area contributed by atoms with E-state index in [2.05, 4.69) is 46.4 Å². The van der Waals surface area contributed by atoms with Crippen molar-refractivity contribution in [3.05, 3.63) is 94.5 Å². The number of carbonyl (C=O) groups excluding carboxylic acids is 1. The van der Waals surface area contributed by atoms with E-state index in [4.69, 9.17) is 4.74 Å². The van der Waals surface area contributed by atoms with Gasteiger partial charge in [0.1, 0.15) is 5.82 Å². The van der Waals surface area contributed by atoms with Crippen molar-refractivity contribution in [3.63, 3.8) is 0 Å². The second-order valence-corrected chi connectivity index (χ2v) is 7.46. The molecule has 0 amide bonds. The van der Waals surface area contributed by atoms with Gasteiger partial charge < -0.3 is 9.72 Å². The number of carbonyl (C=O) groups is 1. The third-order valence-corrected chi connectivity index (χ3v) is 5.54. The Bertz CT molecular complexity index is 1220. The molecule has 29 heavy (non-hydrogen) atoms. The summed E-state index contributed by atoms with van der Waals surface area (Å²) in [6, 6.07) is 23.2. The number of hydrogen-bond donors (Lipinski definition) is 1. The van der Waals surface area contributed by atoms with E-state index in [1.165, 1.54) is 12.7 Å². The highest BCUT2D eigenvalue weighted by molar-refractivity contribution is 7.98. The number of H-pyrrole nitrogens is 1. The molecule has 0 aliphatic heterocycles. The van der Waals surface area contributed by atoms with Crippen LogP contribution in [0.1, 0.15) is 16.2 Å². The molecule has 1 N–H and O–H groups in total. The maximum atomic E-state index is 12.3. The van der Waals surface area contributed by atoms with Gasteiger partial charge in [-0.2, -0.15) is 0 Å². The maximum absolute atomic E-state index is 12.3. The van der Waals surface area contributed by atoms with Crippen molar-refractivity contribution in [1.82, 2.24) is 9.97 Å². The predicted molar refractivity (Wildman–Crippen MR) is 115 cm³/mol. The molecule has 4 aromatic rings. The molecular weight excluding hydrogens is 384 g/mol. The Morgan fingerprint density at radius 1 is 1.00 bits per heavy atom. The minimum absolute atomic E-state index is 0.221. The highest BCUT2D eigenvalue weighted by Crippen LogP contribution is 2.26. The third kappa shape index (κ3) is 4.22. The van der Waals surface area contributed by atoms with Gasteiger partial charge in [0.15, 0.2) is 0 Å². The van der Waals surface area contributed by atoms with Crippen molar-refractivity contribution in [2.45, 2.75) is 10.6 Å². The first-order chi connectivity index (χ1) is 14.1. The fourth-order valence-corrected chi connectivity index (χ4v) is 3.80. The minimum atomic E-state index is -0.455. The van der Waals surface area contributed by atoms with E-state index in [9.17, 15) is 9.59 Å². The van der Waals surface area contributed by atoms with Crippen LogP contribution < -0.4 is 5.56 Å². The molecule has 3 aromatic carbocycles. The number of esters is 1. The highest BCUT2D eigenvalue weighted by Gasteiger charge is 2.10. The number of rotatable bonds is 5. The molecule has 0 saturated heterocycles. The SMILES string of the molecule is COC(=O)c1ccc2c(=O)[nH]c(CSc3ccc(-c4ccccc4)cc3)nc2c1. The summed E-state index contributed by atoms with van der Waals surface area (Å²) in [7, 11) is 1.32. The Kier molecular flexibility index (Phi) is 5.44. The van der Waals surface area contributed by atoms with E-state index in [0.29, 0.717) is 28.0 Å². The fourth-order valence-electron chi connectivity index (χ4n) is 3.03. The molecule has 0 spiro atoms. The molecule has 0 unspecified atom stereocenters. The van der Waals surface area contributed by atoms with Crippen molar-refractivity contribution in [3.8, 4) is 11.1 Å². The Balaban J connectivity index is 1.53. The summed E-state index contributed by atoms with van der Waals surface area (Å²) in [6.45, 7) is 0. The molecule has 0 saturated carbocycles. The molecule has 0 atom stereocenters. The first-order valence-electron chi connectivity index (χ1n) is 9.03. The molecular formula is C23H18N2O3S. The maximum Gasteiger partial charge on any atom is 0.337 e. The first kappa shape index (κ1) is 19.0. The minimum Gasteiger partial charge on any atom is -0.465 e. The summed E-state index contributed by atoms with van der Waals surface area (Å²) in [4.78, 5) is 32.5. The second-order valence-electron chi connectivity index (χ2n) is 6.42. The van der Waals surface area contributed by atoms with Crippen LogP contribution in [0.25, 0.3) is 22.0 Å². The number of ether oxygens (including phenoxy) is 1.